The van der Waals surface area contributed by atoms with Crippen molar-refractivity contribution in [3.63, 3.8) is 0 Å². The molecule has 3 rings (SSSR count). The van der Waals surface area contributed by atoms with Gasteiger partial charge in [-0.25, -0.2) is 8.42 Å². The van der Waals surface area contributed by atoms with Crippen LogP contribution in [0.25, 0.3) is 0 Å². The summed E-state index contributed by atoms with van der Waals surface area (Å²) >= 11 is 0. The molecule has 2 heterocycles. The maximum absolute atomic E-state index is 13.4. The molecule has 2 unspecified atom stereocenters. The highest BCUT2D eigenvalue weighted by Gasteiger charge is 2.47. The van der Waals surface area contributed by atoms with Gasteiger partial charge in [0.15, 0.2) is 15.5 Å². The minimum Gasteiger partial charge on any atom is -0.372 e. The van der Waals surface area contributed by atoms with Gasteiger partial charge in [0.1, 0.15) is 12.6 Å². The Kier molecular flexibility index (Phi) is 7.03. The number of amides is 1. The molecule has 0 aliphatic carbocycles. The van der Waals surface area contributed by atoms with Gasteiger partial charge in [0, 0.05) is 20.7 Å². The standard InChI is InChI=1S/C21H23F6N3O4S/c1-19(35(32,33)14-6-4-5-13(9-14)20(22,23)24)7-8-34-16(11-19)15-10-17(21(25,26)27)28-30(15)12-18(31)29(2)3/h4-6,9-10,16H,7-8,11-12H2,1-3H3. The Labute approximate surface area is 197 Å². The van der Waals surface area contributed by atoms with Crippen molar-refractivity contribution in [3.8, 4) is 0 Å². The molecule has 1 aliphatic rings. The molecule has 14 heteroatoms. The van der Waals surface area contributed by atoms with Crippen molar-refractivity contribution < 1.29 is 44.3 Å². The van der Waals surface area contributed by atoms with Gasteiger partial charge in [-0.15, -0.1) is 0 Å². The summed E-state index contributed by atoms with van der Waals surface area (Å²) in [5.74, 6) is -0.557. The fraction of sp³-hybridized carbons (Fsp3) is 0.524. The summed E-state index contributed by atoms with van der Waals surface area (Å²) in [6.07, 6.45) is -11.2. The summed E-state index contributed by atoms with van der Waals surface area (Å²) in [7, 11) is -1.55. The number of aromatic nitrogens is 2. The van der Waals surface area contributed by atoms with Crippen LogP contribution in [-0.2, 0) is 38.3 Å². The number of hydrogen-bond acceptors (Lipinski definition) is 5. The molecule has 1 fully saturated rings. The highest BCUT2D eigenvalue weighted by molar-refractivity contribution is 7.92. The SMILES string of the molecule is CN(C)C(=O)Cn1nc(C(F)(F)F)cc1C1CC(C)(S(=O)(=O)c2cccc(C(F)(F)F)c2)CCO1. The molecule has 0 radical (unpaired) electrons. The number of likely N-dealkylation sites (N-methyl/N-ethyl adjacent to an activating group) is 1. The molecule has 1 aliphatic heterocycles. The first kappa shape index (κ1) is 27.0. The van der Waals surface area contributed by atoms with E-state index in [1.165, 1.54) is 21.0 Å². The lowest BCUT2D eigenvalue weighted by Crippen LogP contribution is -2.42. The summed E-state index contributed by atoms with van der Waals surface area (Å²) in [5, 5.41) is 3.48. The van der Waals surface area contributed by atoms with E-state index in [4.69, 9.17) is 4.74 Å². The normalized spacial score (nSPS) is 21.7. The topological polar surface area (TPSA) is 81.5 Å². The van der Waals surface area contributed by atoms with Gasteiger partial charge >= 0.3 is 12.4 Å². The van der Waals surface area contributed by atoms with Crippen molar-refractivity contribution in [3.05, 3.63) is 47.3 Å². The number of carbonyl (C=O) groups excluding carboxylic acids is 1. The largest absolute Gasteiger partial charge is 0.435 e. The van der Waals surface area contributed by atoms with Crippen LogP contribution in [0.15, 0.2) is 35.2 Å². The zero-order valence-electron chi connectivity index (χ0n) is 18.9. The van der Waals surface area contributed by atoms with E-state index < -0.39 is 61.6 Å². The van der Waals surface area contributed by atoms with Gasteiger partial charge in [-0.3, -0.25) is 9.48 Å². The summed E-state index contributed by atoms with van der Waals surface area (Å²) in [6.45, 7) is 0.581. The summed E-state index contributed by atoms with van der Waals surface area (Å²) in [5.41, 5.74) is -2.57. The lowest BCUT2D eigenvalue weighted by atomic mass is 9.94. The van der Waals surface area contributed by atoms with Gasteiger partial charge in [0.25, 0.3) is 0 Å². The van der Waals surface area contributed by atoms with E-state index in [1.807, 2.05) is 0 Å². The maximum Gasteiger partial charge on any atom is 0.435 e. The molecule has 2 aromatic rings. The third-order valence-corrected chi connectivity index (χ3v) is 8.45. The minimum absolute atomic E-state index is 0.0982. The van der Waals surface area contributed by atoms with Crippen molar-refractivity contribution in [2.24, 2.45) is 0 Å². The van der Waals surface area contributed by atoms with Gasteiger partial charge in [-0.1, -0.05) is 6.07 Å². The van der Waals surface area contributed by atoms with E-state index in [2.05, 4.69) is 5.10 Å². The summed E-state index contributed by atoms with van der Waals surface area (Å²) in [6, 6.07) is 3.99. The van der Waals surface area contributed by atoms with Gasteiger partial charge in [-0.05, 0) is 44.0 Å². The third kappa shape index (κ3) is 5.47. The number of halogens is 6. The van der Waals surface area contributed by atoms with E-state index in [-0.39, 0.29) is 25.1 Å². The highest BCUT2D eigenvalue weighted by atomic mass is 32.2. The van der Waals surface area contributed by atoms with Crippen LogP contribution >= 0.6 is 0 Å². The molecule has 35 heavy (non-hydrogen) atoms. The number of hydrogen-bond donors (Lipinski definition) is 0. The van der Waals surface area contributed by atoms with Crippen LogP contribution in [0, 0.1) is 0 Å². The van der Waals surface area contributed by atoms with Crippen LogP contribution in [0.5, 0.6) is 0 Å². The molecular weight excluding hydrogens is 504 g/mol. The Morgan fingerprint density at radius 2 is 1.83 bits per heavy atom. The second kappa shape index (κ2) is 9.12. The molecular formula is C21H23F6N3O4S. The smallest absolute Gasteiger partial charge is 0.372 e. The first-order chi connectivity index (χ1) is 16.0. The number of carbonyl (C=O) groups is 1. The molecule has 0 N–H and O–H groups in total. The highest BCUT2D eigenvalue weighted by Crippen LogP contribution is 2.43. The first-order valence-corrected chi connectivity index (χ1v) is 11.8. The van der Waals surface area contributed by atoms with Crippen LogP contribution < -0.4 is 0 Å². The lowest BCUT2D eigenvalue weighted by molar-refractivity contribution is -0.142. The van der Waals surface area contributed by atoms with Crippen molar-refractivity contribution >= 4 is 15.7 Å². The predicted octanol–water partition coefficient (Wildman–Crippen LogP) is 4.09. The van der Waals surface area contributed by atoms with E-state index in [0.29, 0.717) is 12.1 Å². The Hall–Kier alpha value is -2.61. The van der Waals surface area contributed by atoms with Crippen LogP contribution in [0.2, 0.25) is 0 Å². The van der Waals surface area contributed by atoms with E-state index >= 15 is 0 Å². The Balaban J connectivity index is 2.00. The Morgan fingerprint density at radius 3 is 2.40 bits per heavy atom. The second-order valence-corrected chi connectivity index (χ2v) is 11.2. The van der Waals surface area contributed by atoms with Crippen LogP contribution in [0.4, 0.5) is 26.3 Å². The molecule has 1 aromatic carbocycles. The lowest BCUT2D eigenvalue weighted by Gasteiger charge is -2.37. The van der Waals surface area contributed by atoms with Crippen molar-refractivity contribution in [1.29, 1.82) is 0 Å². The quantitative estimate of drug-likeness (QED) is 0.548. The number of alkyl halides is 6. The average Bonchev–Trinajstić information content (AvgIpc) is 3.17. The van der Waals surface area contributed by atoms with Gasteiger partial charge in [0.2, 0.25) is 5.91 Å². The average molecular weight is 527 g/mol. The number of rotatable bonds is 5. The van der Waals surface area contributed by atoms with Crippen LogP contribution in [0.1, 0.15) is 42.8 Å². The van der Waals surface area contributed by atoms with Crippen LogP contribution in [0.3, 0.4) is 0 Å². The number of nitrogens with zero attached hydrogens (tertiary/aromatic N) is 3. The number of sulfone groups is 1. The van der Waals surface area contributed by atoms with E-state index in [0.717, 1.165) is 27.8 Å². The van der Waals surface area contributed by atoms with Crippen molar-refractivity contribution in [2.75, 3.05) is 20.7 Å². The van der Waals surface area contributed by atoms with Crippen molar-refractivity contribution in [1.82, 2.24) is 14.7 Å². The molecule has 1 aromatic heterocycles. The molecule has 1 saturated heterocycles. The number of benzene rings is 1. The molecule has 0 bridgehead atoms. The molecule has 0 saturated carbocycles. The second-order valence-electron chi connectivity index (χ2n) is 8.69. The zero-order chi connectivity index (χ0) is 26.4. The van der Waals surface area contributed by atoms with E-state index in [1.54, 1.807) is 0 Å². The fourth-order valence-corrected chi connectivity index (χ4v) is 5.59. The monoisotopic (exact) mass is 527 g/mol. The zero-order valence-corrected chi connectivity index (χ0v) is 19.8. The molecule has 194 valence electrons. The minimum atomic E-state index is -4.83. The van der Waals surface area contributed by atoms with Gasteiger partial charge in [-0.2, -0.15) is 31.4 Å². The third-order valence-electron chi connectivity index (χ3n) is 5.90. The maximum atomic E-state index is 13.4. The van der Waals surface area contributed by atoms with Gasteiger partial charge in [0.05, 0.1) is 20.9 Å². The Morgan fingerprint density at radius 1 is 1.17 bits per heavy atom. The van der Waals surface area contributed by atoms with Gasteiger partial charge < -0.3 is 9.64 Å². The van der Waals surface area contributed by atoms with Crippen LogP contribution in [-0.4, -0.2) is 54.5 Å². The Bertz CT molecular complexity index is 1210. The molecule has 7 nitrogen and oxygen atoms in total. The molecule has 0 spiro atoms. The predicted molar refractivity (Wildman–Crippen MR) is 111 cm³/mol. The summed E-state index contributed by atoms with van der Waals surface area (Å²) in [4.78, 5) is 12.7. The summed E-state index contributed by atoms with van der Waals surface area (Å²) < 4.78 is 111. The fourth-order valence-electron chi connectivity index (χ4n) is 3.75. The first-order valence-electron chi connectivity index (χ1n) is 10.3. The molecule has 1 amide bonds. The molecule has 2 atom stereocenters. The van der Waals surface area contributed by atoms with Crippen molar-refractivity contribution in [2.45, 2.75) is 54.4 Å². The van der Waals surface area contributed by atoms with E-state index in [9.17, 15) is 39.6 Å². The number of ether oxygens (including phenoxy) is 1.